The van der Waals surface area contributed by atoms with Crippen molar-refractivity contribution < 1.29 is 4.79 Å². The largest absolute Gasteiger partial charge is 0.325 e. The number of amides is 2. The van der Waals surface area contributed by atoms with Gasteiger partial charge in [0.05, 0.1) is 23.3 Å². The van der Waals surface area contributed by atoms with Gasteiger partial charge in [-0.1, -0.05) is 48.9 Å². The minimum Gasteiger partial charge on any atom is -0.317 e. The molecule has 3 fully saturated rings. The summed E-state index contributed by atoms with van der Waals surface area (Å²) in [5.74, 6) is 0.618. The predicted octanol–water partition coefficient (Wildman–Crippen LogP) is 5.03. The molecule has 0 bridgehead atoms. The molecule has 0 unspecified atom stereocenters. The third kappa shape index (κ3) is 3.38. The molecule has 2 amide bonds. The number of carbonyl (C=O) groups is 1. The van der Waals surface area contributed by atoms with Gasteiger partial charge in [0, 0.05) is 12.1 Å². The summed E-state index contributed by atoms with van der Waals surface area (Å²) in [5.41, 5.74) is 2.45. The molecule has 2 aromatic carbocycles. The van der Waals surface area contributed by atoms with Crippen molar-refractivity contribution in [3.8, 4) is 6.07 Å². The maximum absolute atomic E-state index is 13.8. The molecule has 0 radical (unpaired) electrons. The van der Waals surface area contributed by atoms with E-state index < -0.39 is 0 Å². The monoisotopic (exact) mass is 428 g/mol. The Labute approximate surface area is 191 Å². The predicted molar refractivity (Wildman–Crippen MR) is 126 cm³/mol. The fraction of sp³-hybridized carbons (Fsp3) is 0.481. The molecule has 1 aliphatic heterocycles. The molecule has 0 atom stereocenters. The molecule has 5 nitrogen and oxygen atoms in total. The van der Waals surface area contributed by atoms with Gasteiger partial charge in [0.2, 0.25) is 0 Å². The smallest absolute Gasteiger partial charge is 0.317 e. The quantitative estimate of drug-likeness (QED) is 0.727. The molecule has 1 N–H and O–H groups in total. The maximum atomic E-state index is 13.8. The highest BCUT2D eigenvalue weighted by Crippen LogP contribution is 2.48. The second kappa shape index (κ2) is 8.26. The second-order valence-corrected chi connectivity index (χ2v) is 9.83. The van der Waals surface area contributed by atoms with Crippen LogP contribution in [-0.4, -0.2) is 36.6 Å². The first-order chi connectivity index (χ1) is 15.6. The molecule has 2 aliphatic carbocycles. The van der Waals surface area contributed by atoms with Crippen molar-refractivity contribution in [3.63, 3.8) is 0 Å². The van der Waals surface area contributed by atoms with Gasteiger partial charge in [-0.05, 0) is 69.2 Å². The second-order valence-electron chi connectivity index (χ2n) is 9.83. The van der Waals surface area contributed by atoms with Crippen LogP contribution in [0.15, 0.2) is 54.6 Å². The average molecular weight is 429 g/mol. The van der Waals surface area contributed by atoms with Gasteiger partial charge in [-0.15, -0.1) is 0 Å². The van der Waals surface area contributed by atoms with Gasteiger partial charge in [-0.3, -0.25) is 4.90 Å². The topological polar surface area (TPSA) is 59.4 Å². The van der Waals surface area contributed by atoms with Gasteiger partial charge < -0.3 is 10.2 Å². The first-order valence-corrected chi connectivity index (χ1v) is 11.9. The molecule has 1 saturated heterocycles. The first kappa shape index (κ1) is 21.0. The number of urea groups is 1. The molecule has 166 valence electrons. The maximum Gasteiger partial charge on any atom is 0.325 e. The zero-order chi connectivity index (χ0) is 22.2. The lowest BCUT2D eigenvalue weighted by Crippen LogP contribution is -2.56. The Bertz CT molecular complexity index is 1020. The molecule has 5 rings (SSSR count). The van der Waals surface area contributed by atoms with E-state index in [9.17, 15) is 10.1 Å². The number of hydrogen-bond acceptors (Lipinski definition) is 3. The Hall–Kier alpha value is -2.84. The van der Waals surface area contributed by atoms with Crippen LogP contribution < -0.4 is 10.2 Å². The van der Waals surface area contributed by atoms with Crippen molar-refractivity contribution in [3.05, 3.63) is 65.7 Å². The minimum atomic E-state index is -0.162. The van der Waals surface area contributed by atoms with E-state index in [1.165, 1.54) is 24.8 Å². The molecule has 5 heteroatoms. The SMILES string of the molecule is CN[C@]1(c2ccccc2)CC[C@]2(CC1)CN(c1ccccc1C#N)C(=O)N2CC1CCC1. The van der Waals surface area contributed by atoms with Crippen molar-refractivity contribution in [2.75, 3.05) is 25.0 Å². The van der Waals surface area contributed by atoms with Crippen LogP contribution in [0.2, 0.25) is 0 Å². The lowest BCUT2D eigenvalue weighted by atomic mass is 9.68. The molecular formula is C27H32N4O. The molecular weight excluding hydrogens is 396 g/mol. The highest BCUT2D eigenvalue weighted by molar-refractivity contribution is 5.96. The van der Waals surface area contributed by atoms with Gasteiger partial charge in [0.1, 0.15) is 6.07 Å². The summed E-state index contributed by atoms with van der Waals surface area (Å²) in [4.78, 5) is 17.8. The number of anilines is 1. The fourth-order valence-electron chi connectivity index (χ4n) is 6.00. The Morgan fingerprint density at radius 2 is 1.72 bits per heavy atom. The summed E-state index contributed by atoms with van der Waals surface area (Å²) in [6, 6.07) is 20.6. The summed E-state index contributed by atoms with van der Waals surface area (Å²) >= 11 is 0. The number of rotatable bonds is 5. The van der Waals surface area contributed by atoms with Crippen LogP contribution in [0.3, 0.4) is 0 Å². The van der Waals surface area contributed by atoms with Gasteiger partial charge >= 0.3 is 6.03 Å². The minimum absolute atomic E-state index is 0.0460. The highest BCUT2D eigenvalue weighted by atomic mass is 16.2. The zero-order valence-corrected chi connectivity index (χ0v) is 18.9. The van der Waals surface area contributed by atoms with Crippen molar-refractivity contribution in [1.29, 1.82) is 5.26 Å². The number of nitrogens with one attached hydrogen (secondary N) is 1. The van der Waals surface area contributed by atoms with E-state index in [1.54, 1.807) is 0 Å². The van der Waals surface area contributed by atoms with E-state index in [0.29, 0.717) is 18.0 Å². The van der Waals surface area contributed by atoms with E-state index in [1.807, 2.05) is 29.2 Å². The molecule has 1 spiro atoms. The number of nitrogens with zero attached hydrogens (tertiary/aromatic N) is 3. The third-order valence-corrected chi connectivity index (χ3v) is 8.31. The Balaban J connectivity index is 1.46. The number of para-hydroxylation sites is 1. The van der Waals surface area contributed by atoms with Gasteiger partial charge in [0.25, 0.3) is 0 Å². The van der Waals surface area contributed by atoms with Crippen LogP contribution in [0.1, 0.15) is 56.1 Å². The van der Waals surface area contributed by atoms with Crippen LogP contribution in [0.4, 0.5) is 10.5 Å². The van der Waals surface area contributed by atoms with Gasteiger partial charge in [0.15, 0.2) is 0 Å². The van der Waals surface area contributed by atoms with Crippen LogP contribution in [0, 0.1) is 17.2 Å². The zero-order valence-electron chi connectivity index (χ0n) is 18.9. The van der Waals surface area contributed by atoms with Crippen molar-refractivity contribution in [2.45, 2.75) is 56.0 Å². The first-order valence-electron chi connectivity index (χ1n) is 11.9. The molecule has 0 aromatic heterocycles. The van der Waals surface area contributed by atoms with Crippen LogP contribution in [-0.2, 0) is 5.54 Å². The van der Waals surface area contributed by atoms with Crippen molar-refractivity contribution in [2.24, 2.45) is 5.92 Å². The molecule has 1 heterocycles. The van der Waals surface area contributed by atoms with E-state index in [2.05, 4.69) is 53.7 Å². The Morgan fingerprint density at radius 3 is 2.34 bits per heavy atom. The Morgan fingerprint density at radius 1 is 1.03 bits per heavy atom. The van der Waals surface area contributed by atoms with Gasteiger partial charge in [-0.2, -0.15) is 5.26 Å². The average Bonchev–Trinajstić information content (AvgIpc) is 3.08. The van der Waals surface area contributed by atoms with Crippen LogP contribution in [0.25, 0.3) is 0 Å². The van der Waals surface area contributed by atoms with E-state index in [0.717, 1.165) is 37.9 Å². The molecule has 2 aromatic rings. The Kier molecular flexibility index (Phi) is 5.43. The van der Waals surface area contributed by atoms with E-state index >= 15 is 0 Å². The molecule has 2 saturated carbocycles. The summed E-state index contributed by atoms with van der Waals surface area (Å²) in [5, 5.41) is 13.3. The number of carbonyl (C=O) groups excluding carboxylic acids is 1. The standard InChI is InChI=1S/C27H32N4O/c1-29-27(23-11-3-2-4-12-23)16-14-26(15-17-27)20-30(24-13-6-5-10-22(24)18-28)25(32)31(26)19-21-8-7-9-21/h2-6,10-13,21,29H,7-9,14-17,19-20H2,1H3/t26-,27+. The van der Waals surface area contributed by atoms with Crippen molar-refractivity contribution >= 4 is 11.7 Å². The normalized spacial score (nSPS) is 28.1. The van der Waals surface area contributed by atoms with Gasteiger partial charge in [-0.25, -0.2) is 4.79 Å². The van der Waals surface area contributed by atoms with Crippen LogP contribution in [0.5, 0.6) is 0 Å². The molecule has 3 aliphatic rings. The molecule has 32 heavy (non-hydrogen) atoms. The van der Waals surface area contributed by atoms with E-state index in [4.69, 9.17) is 0 Å². The highest BCUT2D eigenvalue weighted by Gasteiger charge is 2.54. The number of benzene rings is 2. The summed E-state index contributed by atoms with van der Waals surface area (Å²) in [7, 11) is 2.06. The summed E-state index contributed by atoms with van der Waals surface area (Å²) < 4.78 is 0. The van der Waals surface area contributed by atoms with Crippen LogP contribution >= 0.6 is 0 Å². The third-order valence-electron chi connectivity index (χ3n) is 8.31. The number of hydrogen-bond donors (Lipinski definition) is 1. The number of nitriles is 1. The van der Waals surface area contributed by atoms with Crippen molar-refractivity contribution in [1.82, 2.24) is 10.2 Å². The lowest BCUT2D eigenvalue weighted by Gasteiger charge is -2.49. The summed E-state index contributed by atoms with van der Waals surface area (Å²) in [6.07, 6.45) is 7.64. The fourth-order valence-corrected chi connectivity index (χ4v) is 6.00. The lowest BCUT2D eigenvalue weighted by molar-refractivity contribution is 0.0593. The summed E-state index contributed by atoms with van der Waals surface area (Å²) in [6.45, 7) is 1.52. The van der Waals surface area contributed by atoms with E-state index in [-0.39, 0.29) is 17.1 Å².